The molecule has 0 aromatic heterocycles. The Labute approximate surface area is 169 Å². The molecule has 1 N–H and O–H groups in total. The summed E-state index contributed by atoms with van der Waals surface area (Å²) < 4.78 is 43.9. The fourth-order valence-electron chi connectivity index (χ4n) is 3.16. The summed E-state index contributed by atoms with van der Waals surface area (Å²) in [5.41, 5.74) is 0.00942. The van der Waals surface area contributed by atoms with E-state index in [9.17, 15) is 18.0 Å². The summed E-state index contributed by atoms with van der Waals surface area (Å²) in [4.78, 5) is 16.2. The van der Waals surface area contributed by atoms with Gasteiger partial charge in [0.25, 0.3) is 5.91 Å². The zero-order valence-electron chi connectivity index (χ0n) is 14.7. The number of ether oxygens (including phenoxy) is 1. The van der Waals surface area contributed by atoms with Gasteiger partial charge in [0.2, 0.25) is 0 Å². The fourth-order valence-corrected chi connectivity index (χ4v) is 3.16. The highest BCUT2D eigenvalue weighted by molar-refractivity contribution is 5.85. The van der Waals surface area contributed by atoms with Crippen molar-refractivity contribution in [2.75, 3.05) is 45.9 Å². The van der Waals surface area contributed by atoms with Crippen LogP contribution in [0, 0.1) is 0 Å². The maximum absolute atomic E-state index is 12.8. The van der Waals surface area contributed by atoms with Gasteiger partial charge in [-0.3, -0.25) is 9.69 Å². The van der Waals surface area contributed by atoms with Crippen LogP contribution in [0.15, 0.2) is 24.3 Å². The number of nitrogens with one attached hydrogen (secondary N) is 1. The van der Waals surface area contributed by atoms with Gasteiger partial charge in [0.05, 0.1) is 12.2 Å². The van der Waals surface area contributed by atoms with E-state index in [0.29, 0.717) is 51.4 Å². The van der Waals surface area contributed by atoms with Crippen LogP contribution in [0.2, 0.25) is 0 Å². The average molecular weight is 430 g/mol. The molecule has 3 rings (SSSR count). The van der Waals surface area contributed by atoms with E-state index in [1.54, 1.807) is 11.0 Å². The van der Waals surface area contributed by atoms with E-state index in [4.69, 9.17) is 4.74 Å². The molecule has 0 spiro atoms. The van der Waals surface area contributed by atoms with Crippen LogP contribution < -0.4 is 5.32 Å². The molecule has 2 aliphatic heterocycles. The minimum atomic E-state index is -4.32. The second-order valence-corrected chi connectivity index (χ2v) is 6.36. The maximum atomic E-state index is 12.8. The highest BCUT2D eigenvalue weighted by atomic mass is 35.5. The minimum absolute atomic E-state index is 0. The van der Waals surface area contributed by atoms with Crippen LogP contribution in [0.5, 0.6) is 0 Å². The Morgan fingerprint density at radius 3 is 2.48 bits per heavy atom. The van der Waals surface area contributed by atoms with Gasteiger partial charge in [-0.05, 0) is 11.6 Å². The first-order chi connectivity index (χ1) is 11.9. The van der Waals surface area contributed by atoms with Gasteiger partial charge in [0.1, 0.15) is 6.10 Å². The quantitative estimate of drug-likeness (QED) is 0.799. The minimum Gasteiger partial charge on any atom is -0.366 e. The van der Waals surface area contributed by atoms with E-state index in [1.807, 2.05) is 0 Å². The molecule has 2 aliphatic rings. The number of hydrogen-bond donors (Lipinski definition) is 1. The maximum Gasteiger partial charge on any atom is 0.416 e. The summed E-state index contributed by atoms with van der Waals surface area (Å²) in [6, 6.07) is 5.41. The number of rotatable bonds is 3. The van der Waals surface area contributed by atoms with Crippen molar-refractivity contribution >= 4 is 30.7 Å². The first-order valence-electron chi connectivity index (χ1n) is 8.43. The topological polar surface area (TPSA) is 44.8 Å². The molecule has 0 aliphatic carbocycles. The van der Waals surface area contributed by atoms with Gasteiger partial charge >= 0.3 is 6.18 Å². The number of alkyl halides is 3. The van der Waals surface area contributed by atoms with Crippen molar-refractivity contribution in [3.8, 4) is 0 Å². The van der Waals surface area contributed by atoms with E-state index in [2.05, 4.69) is 10.2 Å². The number of amides is 1. The third-order valence-electron chi connectivity index (χ3n) is 4.55. The molecule has 27 heavy (non-hydrogen) atoms. The van der Waals surface area contributed by atoms with Crippen LogP contribution in [0.4, 0.5) is 13.2 Å². The summed E-state index contributed by atoms with van der Waals surface area (Å²) >= 11 is 0. The van der Waals surface area contributed by atoms with Crippen molar-refractivity contribution in [2.24, 2.45) is 0 Å². The largest absolute Gasteiger partial charge is 0.416 e. The number of piperazine rings is 1. The third kappa shape index (κ3) is 6.50. The lowest BCUT2D eigenvalue weighted by Gasteiger charge is -2.37. The predicted octanol–water partition coefficient (Wildman–Crippen LogP) is 2.18. The number of nitrogens with zero attached hydrogens (tertiary/aromatic N) is 2. The molecule has 0 bridgehead atoms. The lowest BCUT2D eigenvalue weighted by Crippen LogP contribution is -2.54. The second kappa shape index (κ2) is 10.5. The van der Waals surface area contributed by atoms with E-state index >= 15 is 0 Å². The van der Waals surface area contributed by atoms with Crippen LogP contribution in [0.3, 0.4) is 0 Å². The van der Waals surface area contributed by atoms with E-state index in [-0.39, 0.29) is 30.7 Å². The Hall–Kier alpha value is -1.06. The van der Waals surface area contributed by atoms with Crippen LogP contribution in [0.1, 0.15) is 11.1 Å². The summed E-state index contributed by atoms with van der Waals surface area (Å²) in [6.07, 6.45) is -4.75. The Bertz CT molecular complexity index is 605. The van der Waals surface area contributed by atoms with Crippen molar-refractivity contribution in [1.82, 2.24) is 15.1 Å². The summed E-state index contributed by atoms with van der Waals surface area (Å²) in [5.74, 6) is -0.00841. The van der Waals surface area contributed by atoms with Crippen molar-refractivity contribution in [1.29, 1.82) is 0 Å². The number of benzene rings is 1. The fraction of sp³-hybridized carbons (Fsp3) is 0.588. The standard InChI is InChI=1S/C17H22F3N3O2.2ClH/c18-17(19,20)14-3-1-2-13(10-14)12-22-5-7-23(8-6-22)16(24)15-11-21-4-9-25-15;;/h1-3,10,15,21H,4-9,11-12H2;2*1H. The lowest BCUT2D eigenvalue weighted by atomic mass is 10.1. The average Bonchev–Trinajstić information content (AvgIpc) is 2.62. The highest BCUT2D eigenvalue weighted by Crippen LogP contribution is 2.29. The van der Waals surface area contributed by atoms with Gasteiger partial charge in [-0.25, -0.2) is 0 Å². The highest BCUT2D eigenvalue weighted by Gasteiger charge is 2.31. The summed E-state index contributed by atoms with van der Waals surface area (Å²) in [6.45, 7) is 4.69. The summed E-state index contributed by atoms with van der Waals surface area (Å²) in [7, 11) is 0. The number of hydrogen-bond acceptors (Lipinski definition) is 4. The predicted molar refractivity (Wildman–Crippen MR) is 100 cm³/mol. The van der Waals surface area contributed by atoms with Crippen LogP contribution in [-0.2, 0) is 22.3 Å². The molecule has 154 valence electrons. The number of carbonyl (C=O) groups excluding carboxylic acids is 1. The smallest absolute Gasteiger partial charge is 0.366 e. The molecule has 2 heterocycles. The van der Waals surface area contributed by atoms with E-state index in [0.717, 1.165) is 12.6 Å². The normalized spacial score (nSPS) is 21.1. The van der Waals surface area contributed by atoms with Gasteiger partial charge in [0.15, 0.2) is 0 Å². The Morgan fingerprint density at radius 2 is 1.89 bits per heavy atom. The molecular formula is C17H24Cl2F3N3O2. The first-order valence-corrected chi connectivity index (χ1v) is 8.43. The molecule has 2 saturated heterocycles. The number of halogens is 5. The number of carbonyl (C=O) groups is 1. The molecule has 1 aromatic rings. The van der Waals surface area contributed by atoms with Gasteiger partial charge in [-0.15, -0.1) is 24.8 Å². The Kier molecular flexibility index (Phi) is 9.30. The van der Waals surface area contributed by atoms with E-state index < -0.39 is 17.8 Å². The van der Waals surface area contributed by atoms with Crippen molar-refractivity contribution < 1.29 is 22.7 Å². The van der Waals surface area contributed by atoms with Crippen LogP contribution in [-0.4, -0.2) is 67.7 Å². The lowest BCUT2D eigenvalue weighted by molar-refractivity contribution is -0.147. The molecular weight excluding hydrogens is 406 g/mol. The first kappa shape index (κ1) is 24.0. The molecule has 5 nitrogen and oxygen atoms in total. The van der Waals surface area contributed by atoms with Gasteiger partial charge < -0.3 is 15.0 Å². The molecule has 1 amide bonds. The van der Waals surface area contributed by atoms with Crippen molar-refractivity contribution in [3.63, 3.8) is 0 Å². The van der Waals surface area contributed by atoms with Gasteiger partial charge in [0, 0.05) is 45.8 Å². The molecule has 1 unspecified atom stereocenters. The molecule has 1 aromatic carbocycles. The Balaban J connectivity index is 0.00000182. The van der Waals surface area contributed by atoms with Crippen LogP contribution in [0.25, 0.3) is 0 Å². The van der Waals surface area contributed by atoms with Crippen molar-refractivity contribution in [3.05, 3.63) is 35.4 Å². The second-order valence-electron chi connectivity index (χ2n) is 6.36. The third-order valence-corrected chi connectivity index (χ3v) is 4.55. The van der Waals surface area contributed by atoms with Crippen molar-refractivity contribution in [2.45, 2.75) is 18.8 Å². The zero-order valence-corrected chi connectivity index (χ0v) is 16.3. The SMILES string of the molecule is Cl.Cl.O=C(C1CNCCO1)N1CCN(Cc2cccc(C(F)(F)F)c2)CC1. The van der Waals surface area contributed by atoms with Crippen LogP contribution >= 0.6 is 24.8 Å². The summed E-state index contributed by atoms with van der Waals surface area (Å²) in [5, 5.41) is 3.14. The van der Waals surface area contributed by atoms with Gasteiger partial charge in [-0.1, -0.05) is 18.2 Å². The zero-order chi connectivity index (χ0) is 17.9. The molecule has 0 radical (unpaired) electrons. The monoisotopic (exact) mass is 429 g/mol. The Morgan fingerprint density at radius 1 is 1.19 bits per heavy atom. The molecule has 1 atom stereocenters. The molecule has 2 fully saturated rings. The van der Waals surface area contributed by atoms with E-state index in [1.165, 1.54) is 12.1 Å². The molecule has 0 saturated carbocycles. The van der Waals surface area contributed by atoms with Gasteiger partial charge in [-0.2, -0.15) is 13.2 Å². The molecule has 10 heteroatoms. The number of morpholine rings is 1.